The zero-order valence-electron chi connectivity index (χ0n) is 16.6. The molecule has 1 aromatic heterocycles. The van der Waals surface area contributed by atoms with Crippen LogP contribution in [0.4, 0.5) is 5.82 Å². The molecule has 4 heteroatoms. The lowest BCUT2D eigenvalue weighted by Gasteiger charge is -2.41. The van der Waals surface area contributed by atoms with Crippen molar-refractivity contribution in [3.63, 3.8) is 0 Å². The fourth-order valence-corrected chi connectivity index (χ4v) is 5.26. The van der Waals surface area contributed by atoms with Gasteiger partial charge in [-0.1, -0.05) is 13.0 Å². The molecule has 1 aromatic carbocycles. The van der Waals surface area contributed by atoms with E-state index in [1.165, 1.54) is 75.4 Å². The molecule has 2 aromatic rings. The Labute approximate surface area is 162 Å². The van der Waals surface area contributed by atoms with E-state index in [4.69, 9.17) is 0 Å². The van der Waals surface area contributed by atoms with Crippen LogP contribution in [0.15, 0.2) is 24.5 Å². The number of benzene rings is 1. The SMILES string of the molecule is CCc1ccc2ncnc(NC3CCC(N4CCC5(CC4)CC5)CC3)c2c1. The first-order valence-corrected chi connectivity index (χ1v) is 11.0. The number of rotatable bonds is 4. The van der Waals surface area contributed by atoms with Gasteiger partial charge in [0.25, 0.3) is 0 Å². The van der Waals surface area contributed by atoms with E-state index in [9.17, 15) is 0 Å². The number of hydrogen-bond donors (Lipinski definition) is 1. The molecular formula is C23H32N4. The van der Waals surface area contributed by atoms with Gasteiger partial charge in [0.05, 0.1) is 5.52 Å². The molecule has 2 saturated carbocycles. The molecule has 0 bridgehead atoms. The van der Waals surface area contributed by atoms with Crippen molar-refractivity contribution in [2.75, 3.05) is 18.4 Å². The fraction of sp³-hybridized carbons (Fsp3) is 0.652. The van der Waals surface area contributed by atoms with Crippen LogP contribution in [0.25, 0.3) is 10.9 Å². The predicted molar refractivity (Wildman–Crippen MR) is 111 cm³/mol. The van der Waals surface area contributed by atoms with Gasteiger partial charge in [0, 0.05) is 17.5 Å². The maximum absolute atomic E-state index is 4.58. The second-order valence-electron chi connectivity index (χ2n) is 9.11. The number of likely N-dealkylation sites (tertiary alicyclic amines) is 1. The molecular weight excluding hydrogens is 332 g/mol. The highest BCUT2D eigenvalue weighted by Crippen LogP contribution is 2.54. The molecule has 3 aliphatic rings. The van der Waals surface area contributed by atoms with Gasteiger partial charge in [0.1, 0.15) is 12.1 Å². The minimum Gasteiger partial charge on any atom is -0.367 e. The van der Waals surface area contributed by atoms with E-state index in [0.29, 0.717) is 6.04 Å². The minimum atomic E-state index is 0.546. The molecule has 1 N–H and O–H groups in total. The van der Waals surface area contributed by atoms with Gasteiger partial charge in [0.15, 0.2) is 0 Å². The summed E-state index contributed by atoms with van der Waals surface area (Å²) < 4.78 is 0. The number of piperidine rings is 1. The van der Waals surface area contributed by atoms with Crippen LogP contribution >= 0.6 is 0 Å². The minimum absolute atomic E-state index is 0.546. The molecule has 0 atom stereocenters. The number of nitrogens with zero attached hydrogens (tertiary/aromatic N) is 3. The monoisotopic (exact) mass is 364 g/mol. The molecule has 3 fully saturated rings. The summed E-state index contributed by atoms with van der Waals surface area (Å²) in [5.41, 5.74) is 3.18. The number of nitrogens with one attached hydrogen (secondary N) is 1. The maximum Gasteiger partial charge on any atom is 0.137 e. The topological polar surface area (TPSA) is 41.1 Å². The Morgan fingerprint density at radius 3 is 2.52 bits per heavy atom. The van der Waals surface area contributed by atoms with Crippen LogP contribution in [0.3, 0.4) is 0 Å². The van der Waals surface area contributed by atoms with Crippen LogP contribution < -0.4 is 5.32 Å². The number of aromatic nitrogens is 2. The van der Waals surface area contributed by atoms with E-state index in [1.807, 2.05) is 0 Å². The van der Waals surface area contributed by atoms with Gasteiger partial charge in [-0.3, -0.25) is 0 Å². The van der Waals surface area contributed by atoms with Crippen molar-refractivity contribution in [3.05, 3.63) is 30.1 Å². The Bertz CT molecular complexity index is 795. The van der Waals surface area contributed by atoms with Crippen molar-refractivity contribution in [1.82, 2.24) is 14.9 Å². The van der Waals surface area contributed by atoms with Crippen LogP contribution in [0.1, 0.15) is 63.9 Å². The third kappa shape index (κ3) is 3.56. The zero-order chi connectivity index (χ0) is 18.3. The van der Waals surface area contributed by atoms with Gasteiger partial charge < -0.3 is 10.2 Å². The molecule has 1 spiro atoms. The van der Waals surface area contributed by atoms with Crippen molar-refractivity contribution in [2.24, 2.45) is 5.41 Å². The maximum atomic E-state index is 4.58. The molecule has 1 saturated heterocycles. The lowest BCUT2D eigenvalue weighted by Crippen LogP contribution is -2.45. The first-order chi connectivity index (χ1) is 13.2. The highest BCUT2D eigenvalue weighted by atomic mass is 15.2. The van der Waals surface area contributed by atoms with Crippen LogP contribution in [-0.2, 0) is 6.42 Å². The Morgan fingerprint density at radius 2 is 1.81 bits per heavy atom. The molecule has 1 aliphatic heterocycles. The Morgan fingerprint density at radius 1 is 1.04 bits per heavy atom. The van der Waals surface area contributed by atoms with Crippen molar-refractivity contribution >= 4 is 16.7 Å². The number of aryl methyl sites for hydroxylation is 1. The molecule has 0 amide bonds. The van der Waals surface area contributed by atoms with Crippen LogP contribution in [-0.4, -0.2) is 40.0 Å². The summed E-state index contributed by atoms with van der Waals surface area (Å²) in [6, 6.07) is 7.91. The highest BCUT2D eigenvalue weighted by molar-refractivity contribution is 5.89. The molecule has 2 heterocycles. The fourth-order valence-electron chi connectivity index (χ4n) is 5.26. The average molecular weight is 365 g/mol. The summed E-state index contributed by atoms with van der Waals surface area (Å²) in [5, 5.41) is 4.92. The van der Waals surface area contributed by atoms with Gasteiger partial charge in [0.2, 0.25) is 0 Å². The smallest absolute Gasteiger partial charge is 0.137 e. The number of hydrogen-bond acceptors (Lipinski definition) is 4. The summed E-state index contributed by atoms with van der Waals surface area (Å²) in [4.78, 5) is 11.8. The zero-order valence-corrected chi connectivity index (χ0v) is 16.6. The van der Waals surface area contributed by atoms with E-state index in [-0.39, 0.29) is 0 Å². The van der Waals surface area contributed by atoms with E-state index in [2.05, 4.69) is 45.3 Å². The van der Waals surface area contributed by atoms with E-state index < -0.39 is 0 Å². The van der Waals surface area contributed by atoms with Crippen LogP contribution in [0.2, 0.25) is 0 Å². The standard InChI is InChI=1S/C23H32N4/c1-2-17-3-8-21-20(15-17)22(25-16-24-21)26-18-4-6-19(7-5-18)27-13-11-23(9-10-23)12-14-27/h3,8,15-16,18-19H,2,4-7,9-14H2,1H3,(H,24,25,26). The molecule has 4 nitrogen and oxygen atoms in total. The van der Waals surface area contributed by atoms with Gasteiger partial charge >= 0.3 is 0 Å². The lowest BCUT2D eigenvalue weighted by molar-refractivity contribution is 0.0975. The summed E-state index contributed by atoms with van der Waals surface area (Å²) in [7, 11) is 0. The van der Waals surface area contributed by atoms with E-state index >= 15 is 0 Å². The quantitative estimate of drug-likeness (QED) is 0.847. The normalized spacial score (nSPS) is 27.7. The van der Waals surface area contributed by atoms with Crippen molar-refractivity contribution in [3.8, 4) is 0 Å². The molecule has 0 radical (unpaired) electrons. The Hall–Kier alpha value is -1.68. The molecule has 144 valence electrons. The molecule has 27 heavy (non-hydrogen) atoms. The first kappa shape index (κ1) is 17.4. The highest BCUT2D eigenvalue weighted by Gasteiger charge is 2.45. The Kier molecular flexibility index (Phi) is 4.55. The molecule has 0 unspecified atom stereocenters. The largest absolute Gasteiger partial charge is 0.367 e. The third-order valence-electron chi connectivity index (χ3n) is 7.48. The summed E-state index contributed by atoms with van der Waals surface area (Å²) in [6.07, 6.45) is 13.8. The summed E-state index contributed by atoms with van der Waals surface area (Å²) >= 11 is 0. The van der Waals surface area contributed by atoms with Crippen molar-refractivity contribution < 1.29 is 0 Å². The first-order valence-electron chi connectivity index (χ1n) is 11.0. The van der Waals surface area contributed by atoms with E-state index in [1.54, 1.807) is 6.33 Å². The Balaban J connectivity index is 1.21. The number of anilines is 1. The van der Waals surface area contributed by atoms with Crippen molar-refractivity contribution in [2.45, 2.75) is 76.8 Å². The molecule has 2 aliphatic carbocycles. The summed E-state index contributed by atoms with van der Waals surface area (Å²) in [5.74, 6) is 1.02. The second-order valence-corrected chi connectivity index (χ2v) is 9.11. The van der Waals surface area contributed by atoms with E-state index in [0.717, 1.165) is 29.2 Å². The van der Waals surface area contributed by atoms with Gasteiger partial charge in [-0.25, -0.2) is 9.97 Å². The van der Waals surface area contributed by atoms with Crippen LogP contribution in [0, 0.1) is 5.41 Å². The van der Waals surface area contributed by atoms with Gasteiger partial charge in [-0.05, 0) is 94.0 Å². The molecule has 5 rings (SSSR count). The van der Waals surface area contributed by atoms with Crippen LogP contribution in [0.5, 0.6) is 0 Å². The number of fused-ring (bicyclic) bond motifs is 1. The predicted octanol–water partition coefficient (Wildman–Crippen LogP) is 4.79. The third-order valence-corrected chi connectivity index (χ3v) is 7.48. The summed E-state index contributed by atoms with van der Waals surface area (Å²) in [6.45, 7) is 4.89. The second kappa shape index (κ2) is 7.05. The average Bonchev–Trinajstić information content (AvgIpc) is 3.48. The lowest BCUT2D eigenvalue weighted by atomic mass is 9.86. The van der Waals surface area contributed by atoms with Crippen molar-refractivity contribution in [1.29, 1.82) is 0 Å². The van der Waals surface area contributed by atoms with Gasteiger partial charge in [-0.15, -0.1) is 0 Å². The van der Waals surface area contributed by atoms with Gasteiger partial charge in [-0.2, -0.15) is 0 Å².